The van der Waals surface area contributed by atoms with Crippen molar-refractivity contribution in [3.63, 3.8) is 0 Å². The summed E-state index contributed by atoms with van der Waals surface area (Å²) in [5.41, 5.74) is 0.544. The third-order valence-electron chi connectivity index (χ3n) is 2.76. The third kappa shape index (κ3) is 5.14. The van der Waals surface area contributed by atoms with Crippen LogP contribution in [0.3, 0.4) is 0 Å². The molecule has 1 atom stereocenters. The number of halogens is 1. The van der Waals surface area contributed by atoms with E-state index in [4.69, 9.17) is 10.00 Å². The molecular formula is C15H15BrN2O2S. The number of nitrogens with one attached hydrogen (secondary N) is 1. The van der Waals surface area contributed by atoms with Gasteiger partial charge in [0.1, 0.15) is 18.5 Å². The normalized spacial score (nSPS) is 11.9. The molecule has 0 radical (unpaired) electrons. The van der Waals surface area contributed by atoms with Gasteiger partial charge in [-0.25, -0.2) is 0 Å². The molecule has 0 saturated carbocycles. The van der Waals surface area contributed by atoms with E-state index in [0.717, 1.165) is 4.47 Å². The van der Waals surface area contributed by atoms with Gasteiger partial charge in [0.2, 0.25) is 0 Å². The molecular weight excluding hydrogens is 352 g/mol. The molecule has 0 spiro atoms. The van der Waals surface area contributed by atoms with E-state index in [1.165, 1.54) is 4.88 Å². The van der Waals surface area contributed by atoms with Crippen LogP contribution in [0.5, 0.6) is 5.75 Å². The van der Waals surface area contributed by atoms with Gasteiger partial charge in [0.15, 0.2) is 0 Å². The Hall–Kier alpha value is -1.39. The van der Waals surface area contributed by atoms with Crippen molar-refractivity contribution in [2.45, 2.75) is 12.6 Å². The lowest BCUT2D eigenvalue weighted by Crippen LogP contribution is -2.31. The maximum Gasteiger partial charge on any atom is 0.120 e. The molecule has 1 unspecified atom stereocenters. The van der Waals surface area contributed by atoms with Crippen molar-refractivity contribution in [2.24, 2.45) is 0 Å². The van der Waals surface area contributed by atoms with Crippen molar-refractivity contribution in [3.05, 3.63) is 50.6 Å². The van der Waals surface area contributed by atoms with Gasteiger partial charge in [0.25, 0.3) is 0 Å². The van der Waals surface area contributed by atoms with Gasteiger partial charge in [-0.3, -0.25) is 0 Å². The van der Waals surface area contributed by atoms with Crippen LogP contribution in [-0.4, -0.2) is 24.4 Å². The first-order chi connectivity index (χ1) is 10.2. The maximum atomic E-state index is 9.87. The largest absolute Gasteiger partial charge is 0.491 e. The summed E-state index contributed by atoms with van der Waals surface area (Å²) < 4.78 is 6.56. The van der Waals surface area contributed by atoms with Crippen LogP contribution < -0.4 is 10.1 Å². The van der Waals surface area contributed by atoms with Crippen LogP contribution >= 0.6 is 27.3 Å². The Morgan fingerprint density at radius 3 is 3.00 bits per heavy atom. The Balaban J connectivity index is 1.71. The minimum atomic E-state index is -0.602. The second kappa shape index (κ2) is 8.15. The number of thiophene rings is 1. The molecule has 0 aliphatic heterocycles. The lowest BCUT2D eigenvalue weighted by Gasteiger charge is -2.13. The maximum absolute atomic E-state index is 9.87. The standard InChI is InChI=1S/C15H15BrN2O2S/c16-14-4-5-21-15(14)9-18-8-12(19)10-20-13-3-1-2-11(6-13)7-17/h1-6,12,18-19H,8-10H2. The van der Waals surface area contributed by atoms with E-state index in [9.17, 15) is 5.11 Å². The van der Waals surface area contributed by atoms with E-state index >= 15 is 0 Å². The van der Waals surface area contributed by atoms with Gasteiger partial charge in [0.05, 0.1) is 11.6 Å². The monoisotopic (exact) mass is 366 g/mol. The number of aliphatic hydroxyl groups excluding tert-OH is 1. The molecule has 0 fully saturated rings. The Labute approximate surface area is 136 Å². The summed E-state index contributed by atoms with van der Waals surface area (Å²) in [5.74, 6) is 0.592. The van der Waals surface area contributed by atoms with Crippen molar-refractivity contribution in [1.29, 1.82) is 5.26 Å². The predicted octanol–water partition coefficient (Wildman–Crippen LogP) is 2.91. The highest BCUT2D eigenvalue weighted by Crippen LogP contribution is 2.22. The van der Waals surface area contributed by atoms with Crippen LogP contribution in [-0.2, 0) is 6.54 Å². The van der Waals surface area contributed by atoms with Crippen molar-refractivity contribution in [3.8, 4) is 11.8 Å². The molecule has 6 heteroatoms. The summed E-state index contributed by atoms with van der Waals surface area (Å²) >= 11 is 5.13. The minimum absolute atomic E-state index is 0.188. The number of nitriles is 1. The number of hydrogen-bond donors (Lipinski definition) is 2. The molecule has 0 saturated heterocycles. The molecule has 110 valence electrons. The fraction of sp³-hybridized carbons (Fsp3) is 0.267. The molecule has 0 amide bonds. The number of rotatable bonds is 7. The Morgan fingerprint density at radius 2 is 2.29 bits per heavy atom. The van der Waals surface area contributed by atoms with Crippen LogP contribution in [0.25, 0.3) is 0 Å². The van der Waals surface area contributed by atoms with Crippen LogP contribution in [0.2, 0.25) is 0 Å². The number of aliphatic hydroxyl groups is 1. The van der Waals surface area contributed by atoms with E-state index in [1.54, 1.807) is 35.6 Å². The summed E-state index contributed by atoms with van der Waals surface area (Å²) in [5, 5.41) is 23.9. The zero-order chi connectivity index (χ0) is 15.1. The highest BCUT2D eigenvalue weighted by atomic mass is 79.9. The van der Waals surface area contributed by atoms with Gasteiger partial charge in [0, 0.05) is 22.4 Å². The fourth-order valence-electron chi connectivity index (χ4n) is 1.71. The molecule has 2 N–H and O–H groups in total. The average Bonchev–Trinajstić information content (AvgIpc) is 2.91. The second-order valence-electron chi connectivity index (χ2n) is 4.43. The minimum Gasteiger partial charge on any atom is -0.491 e. The number of ether oxygens (including phenoxy) is 1. The van der Waals surface area contributed by atoms with Gasteiger partial charge >= 0.3 is 0 Å². The zero-order valence-electron chi connectivity index (χ0n) is 11.3. The lowest BCUT2D eigenvalue weighted by molar-refractivity contribution is 0.106. The Kier molecular flexibility index (Phi) is 6.21. The van der Waals surface area contributed by atoms with E-state index in [-0.39, 0.29) is 6.61 Å². The smallest absolute Gasteiger partial charge is 0.120 e. The Bertz CT molecular complexity index is 624. The van der Waals surface area contributed by atoms with Crippen molar-refractivity contribution in [2.75, 3.05) is 13.2 Å². The SMILES string of the molecule is N#Cc1cccc(OCC(O)CNCc2sccc2Br)c1. The molecule has 0 aliphatic rings. The molecule has 1 heterocycles. The quantitative estimate of drug-likeness (QED) is 0.790. The fourth-order valence-corrected chi connectivity index (χ4v) is 3.17. The summed E-state index contributed by atoms with van der Waals surface area (Å²) in [6.45, 7) is 1.34. The van der Waals surface area contributed by atoms with Crippen LogP contribution in [0.15, 0.2) is 40.2 Å². The third-order valence-corrected chi connectivity index (χ3v) is 4.69. The Morgan fingerprint density at radius 1 is 1.43 bits per heavy atom. The molecule has 2 rings (SSSR count). The molecule has 21 heavy (non-hydrogen) atoms. The first kappa shape index (κ1) is 16.0. The van der Waals surface area contributed by atoms with Gasteiger partial charge in [-0.15, -0.1) is 11.3 Å². The summed E-state index contributed by atoms with van der Waals surface area (Å²) in [7, 11) is 0. The summed E-state index contributed by atoms with van der Waals surface area (Å²) in [4.78, 5) is 1.20. The second-order valence-corrected chi connectivity index (χ2v) is 6.28. The number of benzene rings is 1. The molecule has 4 nitrogen and oxygen atoms in total. The lowest BCUT2D eigenvalue weighted by atomic mass is 10.2. The highest BCUT2D eigenvalue weighted by molar-refractivity contribution is 9.10. The molecule has 1 aromatic carbocycles. The van der Waals surface area contributed by atoms with Crippen molar-refractivity contribution in [1.82, 2.24) is 5.32 Å². The first-order valence-corrected chi connectivity index (χ1v) is 8.10. The van der Waals surface area contributed by atoms with Crippen molar-refractivity contribution >= 4 is 27.3 Å². The molecule has 1 aromatic heterocycles. The average molecular weight is 367 g/mol. The predicted molar refractivity (Wildman–Crippen MR) is 86.4 cm³/mol. The van der Waals surface area contributed by atoms with Crippen LogP contribution in [0.1, 0.15) is 10.4 Å². The zero-order valence-corrected chi connectivity index (χ0v) is 13.7. The summed E-state index contributed by atoms with van der Waals surface area (Å²) in [6, 6.07) is 10.9. The van der Waals surface area contributed by atoms with Gasteiger partial charge in [-0.2, -0.15) is 5.26 Å². The van der Waals surface area contributed by atoms with Crippen LogP contribution in [0, 0.1) is 11.3 Å². The molecule has 0 aliphatic carbocycles. The van der Waals surface area contributed by atoms with E-state index in [0.29, 0.717) is 24.4 Å². The van der Waals surface area contributed by atoms with Gasteiger partial charge < -0.3 is 15.2 Å². The summed E-state index contributed by atoms with van der Waals surface area (Å²) in [6.07, 6.45) is -0.602. The van der Waals surface area contributed by atoms with Crippen LogP contribution in [0.4, 0.5) is 0 Å². The molecule has 2 aromatic rings. The highest BCUT2D eigenvalue weighted by Gasteiger charge is 2.07. The van der Waals surface area contributed by atoms with E-state index < -0.39 is 6.10 Å². The topological polar surface area (TPSA) is 65.3 Å². The number of nitrogens with zero attached hydrogens (tertiary/aromatic N) is 1. The van der Waals surface area contributed by atoms with E-state index in [2.05, 4.69) is 27.3 Å². The molecule has 0 bridgehead atoms. The van der Waals surface area contributed by atoms with Crippen molar-refractivity contribution < 1.29 is 9.84 Å². The first-order valence-electron chi connectivity index (χ1n) is 6.42. The van der Waals surface area contributed by atoms with Gasteiger partial charge in [-0.1, -0.05) is 6.07 Å². The number of hydrogen-bond acceptors (Lipinski definition) is 5. The van der Waals surface area contributed by atoms with Gasteiger partial charge in [-0.05, 0) is 45.6 Å². The van der Waals surface area contributed by atoms with E-state index in [1.807, 2.05) is 11.4 Å².